The quantitative estimate of drug-likeness (QED) is 0.616. The smallest absolute Gasteiger partial charge is 0.408 e. The number of pyridine rings is 2. The number of benzene rings is 1. The lowest BCUT2D eigenvalue weighted by atomic mass is 9.98. The average molecular weight is 418 g/mol. The minimum absolute atomic E-state index is 0.255. The van der Waals surface area contributed by atoms with Gasteiger partial charge in [-0.15, -0.1) is 0 Å². The van der Waals surface area contributed by atoms with Gasteiger partial charge in [0, 0.05) is 36.1 Å². The molecule has 1 aromatic carbocycles. The molecule has 0 bridgehead atoms. The van der Waals surface area contributed by atoms with E-state index in [2.05, 4.69) is 15.3 Å². The van der Waals surface area contributed by atoms with E-state index < -0.39 is 23.6 Å². The number of aromatic nitrogens is 2. The molecule has 0 unspecified atom stereocenters. The summed E-state index contributed by atoms with van der Waals surface area (Å²) in [6.45, 7) is 5.32. The van der Waals surface area contributed by atoms with Gasteiger partial charge in [-0.05, 0) is 56.2 Å². The lowest BCUT2D eigenvalue weighted by Gasteiger charge is -2.38. The van der Waals surface area contributed by atoms with E-state index in [4.69, 9.17) is 0 Å². The zero-order chi connectivity index (χ0) is 22.4. The van der Waals surface area contributed by atoms with Crippen molar-refractivity contribution in [1.82, 2.24) is 14.9 Å². The first-order valence-corrected chi connectivity index (χ1v) is 9.99. The molecule has 2 N–H and O–H groups in total. The number of nitrogens with one attached hydrogen (secondary N) is 1. The molecule has 160 valence electrons. The number of hydrogen-bond donors (Lipinski definition) is 2. The fourth-order valence-corrected chi connectivity index (χ4v) is 3.42. The Kier molecular flexibility index (Phi) is 6.65. The molecule has 7 nitrogen and oxygen atoms in total. The van der Waals surface area contributed by atoms with Gasteiger partial charge in [-0.25, -0.2) is 9.78 Å². The van der Waals surface area contributed by atoms with Gasteiger partial charge in [-0.2, -0.15) is 0 Å². The maximum absolute atomic E-state index is 13.2. The highest BCUT2D eigenvalue weighted by Crippen LogP contribution is 2.23. The zero-order valence-corrected chi connectivity index (χ0v) is 17.8. The van der Waals surface area contributed by atoms with Crippen molar-refractivity contribution in [3.8, 4) is 11.1 Å². The highest BCUT2D eigenvalue weighted by molar-refractivity contribution is 5.96. The molecule has 0 aliphatic heterocycles. The van der Waals surface area contributed by atoms with E-state index in [9.17, 15) is 14.7 Å². The van der Waals surface area contributed by atoms with Gasteiger partial charge < -0.3 is 10.4 Å². The third kappa shape index (κ3) is 5.66. The van der Waals surface area contributed by atoms with Crippen molar-refractivity contribution >= 4 is 17.8 Å². The predicted octanol–water partition coefficient (Wildman–Crippen LogP) is 4.47. The Balaban J connectivity index is 1.84. The Morgan fingerprint density at radius 2 is 1.68 bits per heavy atom. The highest BCUT2D eigenvalue weighted by Gasteiger charge is 2.37. The number of rotatable bonds is 6. The van der Waals surface area contributed by atoms with Crippen molar-refractivity contribution in [2.75, 3.05) is 5.32 Å². The summed E-state index contributed by atoms with van der Waals surface area (Å²) in [6, 6.07) is 15.8. The van der Waals surface area contributed by atoms with Gasteiger partial charge in [0.05, 0.1) is 0 Å². The summed E-state index contributed by atoms with van der Waals surface area (Å²) in [5.41, 5.74) is 1.97. The van der Waals surface area contributed by atoms with Gasteiger partial charge >= 0.3 is 6.09 Å². The van der Waals surface area contributed by atoms with Crippen molar-refractivity contribution in [3.05, 3.63) is 78.8 Å². The van der Waals surface area contributed by atoms with Gasteiger partial charge in [0.1, 0.15) is 11.9 Å². The molecule has 3 aromatic rings. The van der Waals surface area contributed by atoms with Crippen molar-refractivity contribution in [2.24, 2.45) is 0 Å². The Bertz CT molecular complexity index is 1020. The molecule has 3 rings (SSSR count). The monoisotopic (exact) mass is 418 g/mol. The molecule has 0 spiro atoms. The van der Waals surface area contributed by atoms with Crippen LogP contribution in [0.1, 0.15) is 26.3 Å². The van der Waals surface area contributed by atoms with Crippen LogP contribution < -0.4 is 5.32 Å². The third-order valence-corrected chi connectivity index (χ3v) is 4.84. The molecular formula is C24H26N4O3. The summed E-state index contributed by atoms with van der Waals surface area (Å²) < 4.78 is 0. The van der Waals surface area contributed by atoms with Gasteiger partial charge in [0.15, 0.2) is 0 Å². The Labute approximate surface area is 181 Å². The molecule has 0 saturated carbocycles. The molecular weight excluding hydrogens is 392 g/mol. The lowest BCUT2D eigenvalue weighted by Crippen LogP contribution is -2.56. The van der Waals surface area contributed by atoms with E-state index in [0.717, 1.165) is 16.7 Å². The summed E-state index contributed by atoms with van der Waals surface area (Å²) in [4.78, 5) is 34.8. The van der Waals surface area contributed by atoms with Crippen LogP contribution in [-0.4, -0.2) is 43.6 Å². The molecule has 2 aromatic heterocycles. The second-order valence-electron chi connectivity index (χ2n) is 8.19. The first kappa shape index (κ1) is 22.0. The normalized spacial score (nSPS) is 12.1. The standard InChI is InChI=1S/C24H26N4O3/c1-24(2,3)28(23(30)31)20(15-17-7-5-4-6-8-17)22(29)27-21-10-9-19(16-26-21)18-11-13-25-14-12-18/h4-14,16,20H,15H2,1-3H3,(H,30,31)(H,26,27,29)/t20-/m1/s1. The molecule has 2 amide bonds. The largest absolute Gasteiger partial charge is 0.465 e. The Morgan fingerprint density at radius 1 is 1.00 bits per heavy atom. The van der Waals surface area contributed by atoms with E-state index in [1.807, 2.05) is 48.5 Å². The van der Waals surface area contributed by atoms with Crippen molar-refractivity contribution in [3.63, 3.8) is 0 Å². The second-order valence-corrected chi connectivity index (χ2v) is 8.19. The van der Waals surface area contributed by atoms with Gasteiger partial charge in [-0.3, -0.25) is 14.7 Å². The van der Waals surface area contributed by atoms with E-state index in [0.29, 0.717) is 5.82 Å². The van der Waals surface area contributed by atoms with Crippen molar-refractivity contribution in [1.29, 1.82) is 0 Å². The number of nitrogens with zero attached hydrogens (tertiary/aromatic N) is 3. The Hall–Kier alpha value is -3.74. The highest BCUT2D eigenvalue weighted by atomic mass is 16.4. The van der Waals surface area contributed by atoms with Crippen molar-refractivity contribution < 1.29 is 14.7 Å². The predicted molar refractivity (Wildman–Crippen MR) is 120 cm³/mol. The minimum atomic E-state index is -1.15. The molecule has 31 heavy (non-hydrogen) atoms. The molecule has 0 fully saturated rings. The Morgan fingerprint density at radius 3 is 2.23 bits per heavy atom. The topological polar surface area (TPSA) is 95.4 Å². The average Bonchev–Trinajstić information content (AvgIpc) is 2.74. The molecule has 0 saturated heterocycles. The van der Waals surface area contributed by atoms with Crippen LogP contribution in [0, 0.1) is 0 Å². The van der Waals surface area contributed by atoms with Gasteiger partial charge in [0.25, 0.3) is 0 Å². The van der Waals surface area contributed by atoms with Crippen LogP contribution in [0.25, 0.3) is 11.1 Å². The summed E-state index contributed by atoms with van der Waals surface area (Å²) >= 11 is 0. The van der Waals surface area contributed by atoms with Crippen LogP contribution in [-0.2, 0) is 11.2 Å². The van der Waals surface area contributed by atoms with Gasteiger partial charge in [-0.1, -0.05) is 30.3 Å². The van der Waals surface area contributed by atoms with E-state index in [-0.39, 0.29) is 6.42 Å². The number of carbonyl (C=O) groups excluding carboxylic acids is 1. The van der Waals surface area contributed by atoms with E-state index >= 15 is 0 Å². The SMILES string of the molecule is CC(C)(C)N(C(=O)O)[C@H](Cc1ccccc1)C(=O)Nc1ccc(-c2ccncc2)cn1. The molecule has 0 radical (unpaired) electrons. The maximum Gasteiger partial charge on any atom is 0.408 e. The molecule has 7 heteroatoms. The molecule has 2 heterocycles. The maximum atomic E-state index is 13.2. The number of carboxylic acid groups (broad SMARTS) is 1. The second kappa shape index (κ2) is 9.38. The molecule has 1 atom stereocenters. The van der Waals surface area contributed by atoms with Gasteiger partial charge in [0.2, 0.25) is 5.91 Å². The molecule has 0 aliphatic rings. The zero-order valence-electron chi connectivity index (χ0n) is 17.8. The van der Waals surface area contributed by atoms with Crippen LogP contribution in [0.3, 0.4) is 0 Å². The number of hydrogen-bond acceptors (Lipinski definition) is 4. The number of anilines is 1. The third-order valence-electron chi connectivity index (χ3n) is 4.84. The van der Waals surface area contributed by atoms with Crippen LogP contribution in [0.4, 0.5) is 10.6 Å². The first-order valence-electron chi connectivity index (χ1n) is 9.99. The summed E-state index contributed by atoms with van der Waals surface area (Å²) in [5, 5.41) is 12.6. The fraction of sp³-hybridized carbons (Fsp3) is 0.250. The fourth-order valence-electron chi connectivity index (χ4n) is 3.42. The first-order chi connectivity index (χ1) is 14.8. The van der Waals surface area contributed by atoms with Crippen LogP contribution in [0.2, 0.25) is 0 Å². The number of carbonyl (C=O) groups is 2. The lowest BCUT2D eigenvalue weighted by molar-refractivity contribution is -0.122. The summed E-state index contributed by atoms with van der Waals surface area (Å²) in [5.74, 6) is -0.0644. The van der Waals surface area contributed by atoms with E-state index in [1.54, 1.807) is 45.4 Å². The minimum Gasteiger partial charge on any atom is -0.465 e. The summed E-state index contributed by atoms with van der Waals surface area (Å²) in [6.07, 6.45) is 4.17. The van der Waals surface area contributed by atoms with Crippen LogP contribution in [0.15, 0.2) is 73.2 Å². The number of amides is 2. The molecule has 0 aliphatic carbocycles. The van der Waals surface area contributed by atoms with Crippen molar-refractivity contribution in [2.45, 2.75) is 38.8 Å². The van der Waals surface area contributed by atoms with Crippen LogP contribution in [0.5, 0.6) is 0 Å². The summed E-state index contributed by atoms with van der Waals surface area (Å²) in [7, 11) is 0. The van der Waals surface area contributed by atoms with Crippen LogP contribution >= 0.6 is 0 Å². The van der Waals surface area contributed by atoms with E-state index in [1.165, 1.54) is 4.90 Å².